The summed E-state index contributed by atoms with van der Waals surface area (Å²) in [4.78, 5) is 11.8. The second-order valence-corrected chi connectivity index (χ2v) is 17.1. The average molecular weight is 722 g/mol. The Labute approximate surface area is 304 Å². The molecule has 0 aliphatic heterocycles. The maximum Gasteiger partial charge on any atom is 0.268 e. The van der Waals surface area contributed by atoms with E-state index in [-0.39, 0.29) is 26.4 Å². The highest BCUT2D eigenvalue weighted by Gasteiger charge is 2.13. The summed E-state index contributed by atoms with van der Waals surface area (Å²) in [5, 5.41) is 18.0. The molecule has 296 valence electrons. The van der Waals surface area contributed by atoms with Gasteiger partial charge in [0.25, 0.3) is 7.82 Å². The number of hydrogen-bond acceptors (Lipinski definition) is 7. The van der Waals surface area contributed by atoms with Crippen LogP contribution in [0.2, 0.25) is 0 Å². The van der Waals surface area contributed by atoms with Crippen molar-refractivity contribution < 1.29 is 37.9 Å². The van der Waals surface area contributed by atoms with Gasteiger partial charge in [0.15, 0.2) is 0 Å². The Morgan fingerprint density at radius 1 is 0.490 bits per heavy atom. The van der Waals surface area contributed by atoms with Crippen molar-refractivity contribution in [3.8, 4) is 0 Å². The van der Waals surface area contributed by atoms with Crippen LogP contribution < -0.4 is 4.89 Å². The van der Waals surface area contributed by atoms with Gasteiger partial charge in [-0.15, -0.1) is 0 Å². The first-order chi connectivity index (χ1) is 23.7. The molecular formula is C40H84NO7P. The molecule has 0 heterocycles. The van der Waals surface area contributed by atoms with Crippen LogP contribution in [0.15, 0.2) is 0 Å². The lowest BCUT2D eigenvalue weighted by molar-refractivity contribution is -0.870. The largest absolute Gasteiger partial charge is 0.756 e. The van der Waals surface area contributed by atoms with Crippen LogP contribution in [0.3, 0.4) is 0 Å². The van der Waals surface area contributed by atoms with Gasteiger partial charge in [0.05, 0.1) is 41.0 Å². The molecule has 0 bridgehead atoms. The van der Waals surface area contributed by atoms with E-state index >= 15 is 0 Å². The smallest absolute Gasteiger partial charge is 0.268 e. The molecule has 0 aromatic carbocycles. The van der Waals surface area contributed by atoms with Crippen molar-refractivity contribution in [1.82, 2.24) is 0 Å². The molecule has 49 heavy (non-hydrogen) atoms. The number of unbranched alkanes of at least 4 members (excludes halogenated alkanes) is 29. The Bertz CT molecular complexity index is 707. The summed E-state index contributed by atoms with van der Waals surface area (Å²) in [5.41, 5.74) is 0. The molecular weight excluding hydrogens is 637 g/mol. The minimum atomic E-state index is -4.15. The lowest BCUT2D eigenvalue weighted by atomic mass is 10.0. The van der Waals surface area contributed by atoms with E-state index in [1.54, 1.807) is 0 Å². The van der Waals surface area contributed by atoms with E-state index in [0.717, 1.165) is 25.7 Å². The maximum atomic E-state index is 11.8. The minimum Gasteiger partial charge on any atom is -0.756 e. The zero-order chi connectivity index (χ0) is 36.2. The molecule has 2 atom stereocenters. The Balaban J connectivity index is 3.16. The van der Waals surface area contributed by atoms with Gasteiger partial charge in [0.2, 0.25) is 0 Å². The van der Waals surface area contributed by atoms with Crippen LogP contribution in [-0.4, -0.2) is 81.5 Å². The monoisotopic (exact) mass is 722 g/mol. The van der Waals surface area contributed by atoms with Crippen LogP contribution in [-0.2, 0) is 18.3 Å². The fourth-order valence-corrected chi connectivity index (χ4v) is 6.90. The summed E-state index contributed by atoms with van der Waals surface area (Å²) in [7, 11) is 1.85. The van der Waals surface area contributed by atoms with E-state index < -0.39 is 13.9 Å². The summed E-state index contributed by atoms with van der Waals surface area (Å²) in [6.07, 6.45) is 39.1. The predicted molar refractivity (Wildman–Crippen MR) is 205 cm³/mol. The minimum absolute atomic E-state index is 0.164. The van der Waals surface area contributed by atoms with Crippen molar-refractivity contribution >= 4 is 7.82 Å². The number of aliphatic hydroxyl groups excluding tert-OH is 2. The van der Waals surface area contributed by atoms with Gasteiger partial charge in [-0.25, -0.2) is 0 Å². The molecule has 0 saturated carbocycles. The highest BCUT2D eigenvalue weighted by atomic mass is 31.2. The van der Waals surface area contributed by atoms with E-state index in [1.165, 1.54) is 167 Å². The highest BCUT2D eigenvalue weighted by molar-refractivity contribution is 7.45. The number of quaternary nitrogens is 1. The third-order valence-corrected chi connectivity index (χ3v) is 10.5. The zero-order valence-corrected chi connectivity index (χ0v) is 33.8. The Morgan fingerprint density at radius 2 is 0.755 bits per heavy atom. The summed E-state index contributed by atoms with van der Waals surface area (Å²) >= 11 is 0. The van der Waals surface area contributed by atoms with E-state index in [0.29, 0.717) is 17.6 Å². The van der Waals surface area contributed by atoms with Gasteiger partial charge in [0.1, 0.15) is 19.3 Å². The number of ether oxygens (including phenoxy) is 1. The Morgan fingerprint density at radius 3 is 1.04 bits per heavy atom. The second kappa shape index (κ2) is 36.3. The summed E-state index contributed by atoms with van der Waals surface area (Å²) < 4.78 is 27.7. The lowest BCUT2D eigenvalue weighted by Gasteiger charge is -2.27. The molecule has 0 spiro atoms. The van der Waals surface area contributed by atoms with Crippen molar-refractivity contribution in [3.05, 3.63) is 0 Å². The number of rotatable bonds is 41. The Kier molecular flexibility index (Phi) is 36.3. The Hall–Kier alpha value is -0.0500. The first-order valence-electron chi connectivity index (χ1n) is 20.9. The van der Waals surface area contributed by atoms with Gasteiger partial charge in [-0.3, -0.25) is 4.57 Å². The van der Waals surface area contributed by atoms with E-state index in [1.807, 2.05) is 21.1 Å². The normalized spacial score (nSPS) is 14.0. The van der Waals surface area contributed by atoms with Crippen molar-refractivity contribution in [1.29, 1.82) is 0 Å². The molecule has 0 amide bonds. The molecule has 1 unspecified atom stereocenters. The van der Waals surface area contributed by atoms with Crippen molar-refractivity contribution in [3.63, 3.8) is 0 Å². The third-order valence-electron chi connectivity index (χ3n) is 9.46. The molecule has 8 nitrogen and oxygen atoms in total. The van der Waals surface area contributed by atoms with Crippen LogP contribution >= 0.6 is 7.82 Å². The predicted octanol–water partition coefficient (Wildman–Crippen LogP) is 10.3. The quantitative estimate of drug-likeness (QED) is 0.0367. The average Bonchev–Trinajstić information content (AvgIpc) is 3.05. The van der Waals surface area contributed by atoms with Gasteiger partial charge in [0, 0.05) is 6.61 Å². The van der Waals surface area contributed by atoms with Crippen molar-refractivity contribution in [2.45, 2.75) is 199 Å². The van der Waals surface area contributed by atoms with E-state index in [9.17, 15) is 14.6 Å². The molecule has 0 aromatic rings. The second-order valence-electron chi connectivity index (χ2n) is 15.6. The van der Waals surface area contributed by atoms with Gasteiger partial charge in [-0.2, -0.15) is 0 Å². The first-order valence-corrected chi connectivity index (χ1v) is 22.4. The van der Waals surface area contributed by atoms with Gasteiger partial charge >= 0.3 is 0 Å². The number of phosphoric ester groups is 1. The first kappa shape index (κ1) is 49.0. The molecule has 0 aliphatic carbocycles. The van der Waals surface area contributed by atoms with Crippen LogP contribution in [0.1, 0.15) is 193 Å². The number of nitrogens with zero attached hydrogens (tertiary/aromatic N) is 1. The van der Waals surface area contributed by atoms with E-state index in [2.05, 4.69) is 0 Å². The standard InChI is InChI=1S/C40H84NO7P/c1-41(2,3)34-37-48-49(44,45)47-36-33-31-29-27-25-23-21-19-17-15-13-11-9-7-5-4-6-8-10-12-14-16-18-20-22-24-26-28-30-32-35-46-39-40(43)38-42/h40,42-43H,4-39H2,1-3H3/t40-/m1/s1. The molecule has 0 radical (unpaired) electrons. The number of aliphatic hydroxyl groups is 2. The molecule has 0 rings (SSSR count). The molecule has 0 aliphatic rings. The summed E-state index contributed by atoms with van der Waals surface area (Å²) in [6.45, 7) is 1.75. The fourth-order valence-electron chi connectivity index (χ4n) is 6.17. The van der Waals surface area contributed by atoms with Crippen LogP contribution in [0, 0.1) is 0 Å². The number of phosphoric acid groups is 1. The van der Waals surface area contributed by atoms with Crippen LogP contribution in [0.25, 0.3) is 0 Å². The molecule has 9 heteroatoms. The zero-order valence-electron chi connectivity index (χ0n) is 32.9. The number of hydrogen-bond donors (Lipinski definition) is 2. The summed E-state index contributed by atoms with van der Waals surface area (Å²) in [5.74, 6) is 0. The maximum absolute atomic E-state index is 11.8. The molecule has 0 saturated heterocycles. The van der Waals surface area contributed by atoms with Crippen LogP contribution in [0.4, 0.5) is 0 Å². The topological polar surface area (TPSA) is 108 Å². The van der Waals surface area contributed by atoms with Gasteiger partial charge < -0.3 is 33.4 Å². The van der Waals surface area contributed by atoms with Crippen molar-refractivity contribution in [2.24, 2.45) is 0 Å². The molecule has 2 N–H and O–H groups in total. The molecule has 0 aromatic heterocycles. The highest BCUT2D eigenvalue weighted by Crippen LogP contribution is 2.38. The van der Waals surface area contributed by atoms with E-state index in [4.69, 9.17) is 18.9 Å². The fraction of sp³-hybridized carbons (Fsp3) is 1.00. The van der Waals surface area contributed by atoms with Crippen LogP contribution in [0.5, 0.6) is 0 Å². The third kappa shape index (κ3) is 42.3. The van der Waals surface area contributed by atoms with Crippen molar-refractivity contribution in [2.75, 3.05) is 60.7 Å². The lowest BCUT2D eigenvalue weighted by Crippen LogP contribution is -2.37. The molecule has 0 fully saturated rings. The SMILES string of the molecule is C[N+](C)(C)CCOP(=O)([O-])OCCCCCCCCCCCCCCCCCCCCCCCCCCCCCCCCOC[C@H](O)CO. The van der Waals surface area contributed by atoms with Gasteiger partial charge in [-0.05, 0) is 12.8 Å². The van der Waals surface area contributed by atoms with Gasteiger partial charge in [-0.1, -0.05) is 180 Å². The number of likely N-dealkylation sites (N-methyl/N-ethyl adjacent to an activating group) is 1. The summed E-state index contributed by atoms with van der Waals surface area (Å²) in [6, 6.07) is 0.